The lowest BCUT2D eigenvalue weighted by molar-refractivity contribution is -0.132. The van der Waals surface area contributed by atoms with Crippen LogP contribution in [0.2, 0.25) is 0 Å². The number of rotatable bonds is 10. The zero-order valence-corrected chi connectivity index (χ0v) is 25.5. The highest BCUT2D eigenvalue weighted by molar-refractivity contribution is 9.10. The first kappa shape index (κ1) is 29.6. The second kappa shape index (κ2) is 12.8. The summed E-state index contributed by atoms with van der Waals surface area (Å²) in [6, 6.07) is 18.5. The quantitative estimate of drug-likeness (QED) is 0.0850. The summed E-state index contributed by atoms with van der Waals surface area (Å²) in [5, 5.41) is 0.692. The lowest BCUT2D eigenvalue weighted by Crippen LogP contribution is -2.15. The maximum atomic E-state index is 13.4. The number of halogens is 1. The number of nitrogens with zero attached hydrogens (tertiary/aromatic N) is 2. The zero-order valence-electron chi connectivity index (χ0n) is 23.1. The van der Waals surface area contributed by atoms with Crippen LogP contribution in [0.3, 0.4) is 0 Å². The fraction of sp³-hybridized carbons (Fsp3) is 0.258. The lowest BCUT2D eigenvalue weighted by Gasteiger charge is -2.17. The molecule has 1 aromatic heterocycles. The van der Waals surface area contributed by atoms with Gasteiger partial charge in [-0.2, -0.15) is 0 Å². The number of thioether (sulfide) groups is 1. The van der Waals surface area contributed by atoms with Crippen molar-refractivity contribution in [2.75, 3.05) is 20.7 Å². The first-order chi connectivity index (χ1) is 19.1. The van der Waals surface area contributed by atoms with E-state index < -0.39 is 11.9 Å². The molecule has 0 atom stereocenters. The summed E-state index contributed by atoms with van der Waals surface area (Å²) < 4.78 is 13.7. The number of hydrogen-bond acceptors (Lipinski definition) is 7. The van der Waals surface area contributed by atoms with Gasteiger partial charge in [-0.1, -0.05) is 42.5 Å². The van der Waals surface area contributed by atoms with Gasteiger partial charge in [0.1, 0.15) is 5.75 Å². The molecule has 0 spiro atoms. The minimum Gasteiger partial charge on any atom is -0.462 e. The molecule has 40 heavy (non-hydrogen) atoms. The normalized spacial score (nSPS) is 11.2. The number of fused-ring (bicyclic) bond motifs is 1. The largest absolute Gasteiger partial charge is 0.462 e. The summed E-state index contributed by atoms with van der Waals surface area (Å²) >= 11 is 5.11. The van der Waals surface area contributed by atoms with Crippen LogP contribution in [0.1, 0.15) is 51.4 Å². The molecule has 3 aromatic carbocycles. The van der Waals surface area contributed by atoms with Gasteiger partial charge in [-0.3, -0.25) is 9.59 Å². The number of carbonyl (C=O) groups is 3. The van der Waals surface area contributed by atoms with Crippen LogP contribution in [0.25, 0.3) is 10.9 Å². The molecule has 0 aliphatic heterocycles. The molecule has 0 saturated carbocycles. The van der Waals surface area contributed by atoms with E-state index in [2.05, 4.69) is 15.9 Å². The second-order valence-corrected chi connectivity index (χ2v) is 11.4. The Morgan fingerprint density at radius 1 is 1.00 bits per heavy atom. The van der Waals surface area contributed by atoms with Crippen molar-refractivity contribution in [3.63, 3.8) is 0 Å². The van der Waals surface area contributed by atoms with E-state index in [0.717, 1.165) is 21.7 Å². The first-order valence-corrected chi connectivity index (χ1v) is 14.6. The third-order valence-corrected chi connectivity index (χ3v) is 7.92. The molecule has 0 bridgehead atoms. The summed E-state index contributed by atoms with van der Waals surface area (Å²) in [5.74, 6) is -0.0982. The molecule has 4 aromatic rings. The molecule has 0 fully saturated rings. The fourth-order valence-electron chi connectivity index (χ4n) is 4.62. The van der Waals surface area contributed by atoms with Crippen molar-refractivity contribution >= 4 is 56.3 Å². The molecule has 7 nitrogen and oxygen atoms in total. The molecule has 0 unspecified atom stereocenters. The third kappa shape index (κ3) is 6.32. The molecule has 9 heteroatoms. The number of ether oxygens (including phenoxy) is 2. The number of esters is 2. The van der Waals surface area contributed by atoms with Gasteiger partial charge >= 0.3 is 11.9 Å². The van der Waals surface area contributed by atoms with E-state index in [1.54, 1.807) is 19.1 Å². The summed E-state index contributed by atoms with van der Waals surface area (Å²) in [7, 11) is 5.74. The Morgan fingerprint density at radius 2 is 1.70 bits per heavy atom. The average molecular weight is 624 g/mol. The Bertz CT molecular complexity index is 1580. The average Bonchev–Trinajstić information content (AvgIpc) is 3.20. The van der Waals surface area contributed by atoms with Crippen molar-refractivity contribution < 1.29 is 23.9 Å². The van der Waals surface area contributed by atoms with Crippen molar-refractivity contribution in [1.29, 1.82) is 0 Å². The predicted molar refractivity (Wildman–Crippen MR) is 161 cm³/mol. The van der Waals surface area contributed by atoms with Gasteiger partial charge in [0.25, 0.3) is 0 Å². The summed E-state index contributed by atoms with van der Waals surface area (Å²) in [6.07, 6.45) is 0. The lowest BCUT2D eigenvalue weighted by atomic mass is 10.0. The van der Waals surface area contributed by atoms with Crippen LogP contribution in [0.4, 0.5) is 0 Å². The van der Waals surface area contributed by atoms with Gasteiger partial charge in [0.15, 0.2) is 5.78 Å². The number of aromatic nitrogens is 1. The van der Waals surface area contributed by atoms with Gasteiger partial charge in [-0.15, -0.1) is 11.8 Å². The second-order valence-electron chi connectivity index (χ2n) is 9.50. The van der Waals surface area contributed by atoms with Crippen LogP contribution in [0.5, 0.6) is 5.75 Å². The monoisotopic (exact) mass is 622 g/mol. The molecule has 0 radical (unpaired) electrons. The fourth-order valence-corrected chi connectivity index (χ4v) is 6.18. The Morgan fingerprint density at radius 3 is 2.35 bits per heavy atom. The van der Waals surface area contributed by atoms with Gasteiger partial charge in [-0.05, 0) is 55.1 Å². The van der Waals surface area contributed by atoms with Crippen LogP contribution in [0, 0.1) is 0 Å². The van der Waals surface area contributed by atoms with Crippen molar-refractivity contribution in [3.05, 3.63) is 93.1 Å². The third-order valence-electron chi connectivity index (χ3n) is 6.32. The molecule has 0 aliphatic carbocycles. The van der Waals surface area contributed by atoms with Crippen LogP contribution in [0.15, 0.2) is 70.0 Å². The zero-order chi connectivity index (χ0) is 29.0. The molecule has 4 rings (SSSR count). The standard InChI is InChI=1S/C31H31BrN2O5S/c1-6-38-31(37)28-26(18-40-22-14-10-13-21(15-22)29(36)20-11-8-7-9-12-20)34(5)25-16-24(32)30(39-19(2)35)23(27(25)28)17-33(3)4/h7-16H,6,17-18H2,1-5H3. The van der Waals surface area contributed by atoms with E-state index >= 15 is 0 Å². The Labute approximate surface area is 246 Å². The Hall–Kier alpha value is -3.40. The van der Waals surface area contributed by atoms with Crippen LogP contribution in [-0.4, -0.2) is 47.9 Å². The SMILES string of the molecule is CCOC(=O)c1c(CSc2cccc(C(=O)c3ccccc3)c2)n(C)c2cc(Br)c(OC(C)=O)c(CN(C)C)c12. The highest BCUT2D eigenvalue weighted by Gasteiger charge is 2.28. The Balaban J connectivity index is 1.81. The van der Waals surface area contributed by atoms with Gasteiger partial charge < -0.3 is 18.9 Å². The maximum absolute atomic E-state index is 13.4. The predicted octanol–water partition coefficient (Wildman–Crippen LogP) is 6.63. The molecule has 0 amide bonds. The van der Waals surface area contributed by atoms with Crippen LogP contribution < -0.4 is 4.74 Å². The van der Waals surface area contributed by atoms with Crippen LogP contribution in [-0.2, 0) is 28.9 Å². The maximum Gasteiger partial charge on any atom is 0.340 e. The minimum absolute atomic E-state index is 0.0453. The van der Waals surface area contributed by atoms with Gasteiger partial charge in [-0.25, -0.2) is 4.79 Å². The number of benzene rings is 3. The van der Waals surface area contributed by atoms with E-state index in [4.69, 9.17) is 9.47 Å². The van der Waals surface area contributed by atoms with E-state index in [9.17, 15) is 14.4 Å². The summed E-state index contributed by atoms with van der Waals surface area (Å²) in [5.41, 5.74) is 3.97. The van der Waals surface area contributed by atoms with E-state index in [-0.39, 0.29) is 12.4 Å². The first-order valence-electron chi connectivity index (χ1n) is 12.8. The molecule has 0 N–H and O–H groups in total. The molecule has 1 heterocycles. The molecular weight excluding hydrogens is 592 g/mol. The molecule has 0 aliphatic rings. The van der Waals surface area contributed by atoms with Gasteiger partial charge in [0, 0.05) is 58.9 Å². The van der Waals surface area contributed by atoms with E-state index in [1.165, 1.54) is 18.7 Å². The number of aryl methyl sites for hydroxylation is 1. The topological polar surface area (TPSA) is 77.8 Å². The molecule has 208 valence electrons. The summed E-state index contributed by atoms with van der Waals surface area (Å²) in [6.45, 7) is 3.79. The molecule has 0 saturated heterocycles. The van der Waals surface area contributed by atoms with Crippen molar-refractivity contribution in [3.8, 4) is 5.75 Å². The smallest absolute Gasteiger partial charge is 0.340 e. The van der Waals surface area contributed by atoms with Crippen molar-refractivity contribution in [2.45, 2.75) is 31.0 Å². The van der Waals surface area contributed by atoms with Gasteiger partial charge in [0.2, 0.25) is 0 Å². The van der Waals surface area contributed by atoms with Crippen molar-refractivity contribution in [1.82, 2.24) is 9.47 Å². The Kier molecular flexibility index (Phi) is 9.50. The highest BCUT2D eigenvalue weighted by atomic mass is 79.9. The molecular formula is C31H31BrN2O5S. The van der Waals surface area contributed by atoms with E-state index in [0.29, 0.717) is 44.6 Å². The number of carbonyl (C=O) groups excluding carboxylic acids is 3. The summed E-state index contributed by atoms with van der Waals surface area (Å²) in [4.78, 5) is 41.3. The highest BCUT2D eigenvalue weighted by Crippen LogP contribution is 2.42. The number of hydrogen-bond donors (Lipinski definition) is 0. The van der Waals surface area contributed by atoms with Crippen LogP contribution >= 0.6 is 27.7 Å². The van der Waals surface area contributed by atoms with Gasteiger partial charge in [0.05, 0.1) is 22.2 Å². The van der Waals surface area contributed by atoms with Crippen molar-refractivity contribution in [2.24, 2.45) is 7.05 Å². The van der Waals surface area contributed by atoms with E-state index in [1.807, 2.05) is 79.1 Å². The number of ketones is 1. The minimum atomic E-state index is -0.450.